The molecule has 1 aromatic carbocycles. The van der Waals surface area contributed by atoms with Crippen LogP contribution in [0.4, 0.5) is 4.39 Å². The van der Waals surface area contributed by atoms with Crippen molar-refractivity contribution >= 4 is 11.3 Å². The molecular formula is C11H11FN2S. The predicted molar refractivity (Wildman–Crippen MR) is 60.1 cm³/mol. The van der Waals surface area contributed by atoms with Gasteiger partial charge >= 0.3 is 0 Å². The third-order valence-electron chi connectivity index (χ3n) is 2.14. The molecule has 2 N–H and O–H groups in total. The van der Waals surface area contributed by atoms with Gasteiger partial charge in [0.25, 0.3) is 0 Å². The number of halogens is 1. The fraction of sp³-hybridized carbons (Fsp3) is 0.182. The average Bonchev–Trinajstić information content (AvgIpc) is 2.60. The molecule has 2 aromatic rings. The molecule has 0 fully saturated rings. The molecule has 1 aromatic heterocycles. The zero-order valence-electron chi connectivity index (χ0n) is 8.33. The number of aryl methyl sites for hydroxylation is 1. The third-order valence-corrected chi connectivity index (χ3v) is 3.14. The number of thiazole rings is 1. The second-order valence-electron chi connectivity index (χ2n) is 3.20. The highest BCUT2D eigenvalue weighted by Gasteiger charge is 2.11. The van der Waals surface area contributed by atoms with Gasteiger partial charge in [-0.05, 0) is 19.1 Å². The number of rotatable bonds is 2. The van der Waals surface area contributed by atoms with Crippen LogP contribution in [0.25, 0.3) is 11.3 Å². The van der Waals surface area contributed by atoms with Crippen molar-refractivity contribution in [3.05, 3.63) is 40.0 Å². The van der Waals surface area contributed by atoms with Gasteiger partial charge in [0.05, 0.1) is 5.69 Å². The molecule has 0 amide bonds. The van der Waals surface area contributed by atoms with Crippen molar-refractivity contribution in [2.75, 3.05) is 0 Å². The van der Waals surface area contributed by atoms with Gasteiger partial charge in [-0.1, -0.05) is 12.1 Å². The lowest BCUT2D eigenvalue weighted by Crippen LogP contribution is -1.95. The minimum absolute atomic E-state index is 0.241. The Morgan fingerprint density at radius 1 is 1.40 bits per heavy atom. The summed E-state index contributed by atoms with van der Waals surface area (Å²) in [5.41, 5.74) is 6.76. The first kappa shape index (κ1) is 10.3. The SMILES string of the molecule is Cc1sc(CN)nc1-c1ccccc1F. The summed E-state index contributed by atoms with van der Waals surface area (Å²) in [6, 6.07) is 6.65. The number of hydrogen-bond donors (Lipinski definition) is 1. The number of nitrogens with two attached hydrogens (primary N) is 1. The first-order valence-corrected chi connectivity index (χ1v) is 5.45. The predicted octanol–water partition coefficient (Wildman–Crippen LogP) is 2.72. The van der Waals surface area contributed by atoms with Crippen LogP contribution in [0, 0.1) is 12.7 Å². The van der Waals surface area contributed by atoms with E-state index >= 15 is 0 Å². The van der Waals surface area contributed by atoms with Crippen LogP contribution in [0.1, 0.15) is 9.88 Å². The van der Waals surface area contributed by atoms with Gasteiger partial charge in [-0.15, -0.1) is 11.3 Å². The van der Waals surface area contributed by atoms with Crippen molar-refractivity contribution < 1.29 is 4.39 Å². The molecule has 2 rings (SSSR count). The maximum absolute atomic E-state index is 13.5. The highest BCUT2D eigenvalue weighted by atomic mass is 32.1. The van der Waals surface area contributed by atoms with E-state index in [-0.39, 0.29) is 5.82 Å². The summed E-state index contributed by atoms with van der Waals surface area (Å²) in [4.78, 5) is 5.31. The fourth-order valence-corrected chi connectivity index (χ4v) is 2.27. The number of nitrogens with zero attached hydrogens (tertiary/aromatic N) is 1. The molecule has 78 valence electrons. The number of hydrogen-bond acceptors (Lipinski definition) is 3. The van der Waals surface area contributed by atoms with Crippen LogP contribution in [-0.2, 0) is 6.54 Å². The summed E-state index contributed by atoms with van der Waals surface area (Å²) in [6.07, 6.45) is 0. The Morgan fingerprint density at radius 2 is 2.13 bits per heavy atom. The Kier molecular flexibility index (Phi) is 2.79. The van der Waals surface area contributed by atoms with Gasteiger partial charge in [0, 0.05) is 17.0 Å². The van der Waals surface area contributed by atoms with Crippen LogP contribution in [0.5, 0.6) is 0 Å². The molecular weight excluding hydrogens is 211 g/mol. The normalized spacial score (nSPS) is 10.6. The molecule has 0 aliphatic heterocycles. The highest BCUT2D eigenvalue weighted by Crippen LogP contribution is 2.28. The molecule has 0 radical (unpaired) electrons. The van der Waals surface area contributed by atoms with E-state index < -0.39 is 0 Å². The quantitative estimate of drug-likeness (QED) is 0.848. The van der Waals surface area contributed by atoms with Crippen molar-refractivity contribution in [2.24, 2.45) is 5.73 Å². The Balaban J connectivity index is 2.54. The highest BCUT2D eigenvalue weighted by molar-refractivity contribution is 7.12. The molecule has 0 unspecified atom stereocenters. The van der Waals surface area contributed by atoms with Gasteiger partial charge < -0.3 is 5.73 Å². The molecule has 0 saturated heterocycles. The Morgan fingerprint density at radius 3 is 2.73 bits per heavy atom. The first-order chi connectivity index (χ1) is 7.22. The lowest BCUT2D eigenvalue weighted by atomic mass is 10.1. The minimum Gasteiger partial charge on any atom is -0.325 e. The van der Waals surface area contributed by atoms with Crippen LogP contribution in [-0.4, -0.2) is 4.98 Å². The van der Waals surface area contributed by atoms with Crippen molar-refractivity contribution in [1.29, 1.82) is 0 Å². The van der Waals surface area contributed by atoms with Gasteiger partial charge in [0.15, 0.2) is 0 Å². The molecule has 0 bridgehead atoms. The molecule has 0 atom stereocenters. The van der Waals surface area contributed by atoms with E-state index in [1.165, 1.54) is 17.4 Å². The van der Waals surface area contributed by atoms with E-state index in [0.717, 1.165) is 9.88 Å². The van der Waals surface area contributed by atoms with E-state index in [2.05, 4.69) is 4.98 Å². The van der Waals surface area contributed by atoms with E-state index in [0.29, 0.717) is 17.8 Å². The Bertz CT molecular complexity index is 479. The Hall–Kier alpha value is -1.26. The van der Waals surface area contributed by atoms with Crippen molar-refractivity contribution in [1.82, 2.24) is 4.98 Å². The fourth-order valence-electron chi connectivity index (χ4n) is 1.44. The zero-order chi connectivity index (χ0) is 10.8. The summed E-state index contributed by atoms with van der Waals surface area (Å²) >= 11 is 1.52. The molecule has 0 saturated carbocycles. The van der Waals surface area contributed by atoms with Gasteiger partial charge in [0.2, 0.25) is 0 Å². The molecule has 0 spiro atoms. The summed E-state index contributed by atoms with van der Waals surface area (Å²) in [7, 11) is 0. The van der Waals surface area contributed by atoms with Gasteiger partial charge in [-0.25, -0.2) is 9.37 Å². The van der Waals surface area contributed by atoms with Crippen LogP contribution >= 0.6 is 11.3 Å². The second-order valence-corrected chi connectivity index (χ2v) is 4.48. The third kappa shape index (κ3) is 1.91. The zero-order valence-corrected chi connectivity index (χ0v) is 9.14. The van der Waals surface area contributed by atoms with E-state index in [1.54, 1.807) is 18.2 Å². The molecule has 0 aliphatic carbocycles. The first-order valence-electron chi connectivity index (χ1n) is 4.63. The van der Waals surface area contributed by atoms with Crippen LogP contribution in [0.2, 0.25) is 0 Å². The Labute approximate surface area is 91.6 Å². The van der Waals surface area contributed by atoms with E-state index in [9.17, 15) is 4.39 Å². The molecule has 0 aliphatic rings. The minimum atomic E-state index is -0.241. The van der Waals surface area contributed by atoms with Gasteiger partial charge in [-0.2, -0.15) is 0 Å². The van der Waals surface area contributed by atoms with Crippen molar-refractivity contribution in [3.63, 3.8) is 0 Å². The molecule has 4 heteroatoms. The lowest BCUT2D eigenvalue weighted by Gasteiger charge is -1.99. The maximum atomic E-state index is 13.5. The monoisotopic (exact) mass is 222 g/mol. The second kappa shape index (κ2) is 4.08. The summed E-state index contributed by atoms with van der Waals surface area (Å²) < 4.78 is 13.5. The number of aromatic nitrogens is 1. The standard InChI is InChI=1S/C11H11FN2S/c1-7-11(14-10(6-13)15-7)8-4-2-3-5-9(8)12/h2-5H,6,13H2,1H3. The van der Waals surface area contributed by atoms with Crippen LogP contribution < -0.4 is 5.73 Å². The van der Waals surface area contributed by atoms with E-state index in [4.69, 9.17) is 5.73 Å². The topological polar surface area (TPSA) is 38.9 Å². The molecule has 15 heavy (non-hydrogen) atoms. The summed E-state index contributed by atoms with van der Waals surface area (Å²) in [5, 5.41) is 0.839. The smallest absolute Gasteiger partial charge is 0.132 e. The van der Waals surface area contributed by atoms with Crippen LogP contribution in [0.15, 0.2) is 24.3 Å². The maximum Gasteiger partial charge on any atom is 0.132 e. The molecule has 2 nitrogen and oxygen atoms in total. The average molecular weight is 222 g/mol. The number of benzene rings is 1. The van der Waals surface area contributed by atoms with Crippen LogP contribution in [0.3, 0.4) is 0 Å². The van der Waals surface area contributed by atoms with Crippen molar-refractivity contribution in [3.8, 4) is 11.3 Å². The van der Waals surface area contributed by atoms with E-state index in [1.807, 2.05) is 6.92 Å². The summed E-state index contributed by atoms with van der Waals surface area (Å²) in [6.45, 7) is 2.33. The lowest BCUT2D eigenvalue weighted by molar-refractivity contribution is 0.630. The van der Waals surface area contributed by atoms with Gasteiger partial charge in [-0.3, -0.25) is 0 Å². The summed E-state index contributed by atoms with van der Waals surface area (Å²) in [5.74, 6) is -0.241. The molecule has 1 heterocycles. The van der Waals surface area contributed by atoms with Gasteiger partial charge in [0.1, 0.15) is 10.8 Å². The van der Waals surface area contributed by atoms with Crippen molar-refractivity contribution in [2.45, 2.75) is 13.5 Å². The largest absolute Gasteiger partial charge is 0.325 e.